The fourth-order valence-corrected chi connectivity index (χ4v) is 2.94. The van der Waals surface area contributed by atoms with Crippen molar-refractivity contribution >= 4 is 10.7 Å². The van der Waals surface area contributed by atoms with Crippen molar-refractivity contribution in [2.24, 2.45) is 0 Å². The Labute approximate surface area is 112 Å². The summed E-state index contributed by atoms with van der Waals surface area (Å²) < 4.78 is 22.2. The van der Waals surface area contributed by atoms with Gasteiger partial charge in [-0.25, -0.2) is 18.4 Å². The second kappa shape index (κ2) is 4.38. The molecule has 0 unspecified atom stereocenters. The molecule has 0 bridgehead atoms. The van der Waals surface area contributed by atoms with E-state index in [-0.39, 0.29) is 0 Å². The quantitative estimate of drug-likeness (QED) is 0.858. The van der Waals surface area contributed by atoms with Crippen molar-refractivity contribution < 1.29 is 8.42 Å². The molecule has 0 N–H and O–H groups in total. The van der Waals surface area contributed by atoms with Gasteiger partial charge in [0.25, 0.3) is 0 Å². The van der Waals surface area contributed by atoms with Crippen LogP contribution in [-0.4, -0.2) is 23.4 Å². The molecule has 1 saturated carbocycles. The topological polar surface area (TPSA) is 72.8 Å². The van der Waals surface area contributed by atoms with Crippen LogP contribution in [0.4, 0.5) is 0 Å². The number of nitrogens with zero attached hydrogens (tertiary/aromatic N) is 3. The van der Waals surface area contributed by atoms with Crippen LogP contribution in [0.1, 0.15) is 24.1 Å². The molecular weight excluding hydrogens is 262 g/mol. The molecule has 0 spiro atoms. The van der Waals surface area contributed by atoms with E-state index in [1.165, 1.54) is 0 Å². The SMILES string of the molecule is Cc1cnc(-c2cccnc2C2([SH](=O)=O)CC2)nc1. The fraction of sp³-hybridized carbons (Fsp3) is 0.308. The van der Waals surface area contributed by atoms with Crippen molar-refractivity contribution in [3.05, 3.63) is 42.0 Å². The van der Waals surface area contributed by atoms with Crippen LogP contribution in [0.5, 0.6) is 0 Å². The van der Waals surface area contributed by atoms with Crippen LogP contribution < -0.4 is 0 Å². The van der Waals surface area contributed by atoms with Crippen molar-refractivity contribution in [3.8, 4) is 11.4 Å². The highest BCUT2D eigenvalue weighted by atomic mass is 32.2. The van der Waals surface area contributed by atoms with E-state index in [1.807, 2.05) is 13.0 Å². The molecule has 0 aliphatic heterocycles. The Morgan fingerprint density at radius 3 is 2.42 bits per heavy atom. The Bertz CT molecular complexity index is 683. The normalized spacial score (nSPS) is 16.5. The lowest BCUT2D eigenvalue weighted by Crippen LogP contribution is -2.13. The van der Waals surface area contributed by atoms with Crippen LogP contribution in [-0.2, 0) is 15.5 Å². The summed E-state index contributed by atoms with van der Waals surface area (Å²) >= 11 is 0. The maximum atomic E-state index is 11.5. The monoisotopic (exact) mass is 275 g/mol. The first-order valence-corrected chi connectivity index (χ1v) is 7.20. The van der Waals surface area contributed by atoms with Gasteiger partial charge >= 0.3 is 0 Å². The predicted molar refractivity (Wildman–Crippen MR) is 71.2 cm³/mol. The Morgan fingerprint density at radius 2 is 1.84 bits per heavy atom. The summed E-state index contributed by atoms with van der Waals surface area (Å²) in [6.45, 7) is 1.91. The zero-order chi connectivity index (χ0) is 13.5. The van der Waals surface area contributed by atoms with Gasteiger partial charge in [0.2, 0.25) is 0 Å². The van der Waals surface area contributed by atoms with Gasteiger partial charge in [-0.3, -0.25) is 4.98 Å². The summed E-state index contributed by atoms with van der Waals surface area (Å²) in [4.78, 5) is 12.8. The molecule has 6 heteroatoms. The van der Waals surface area contributed by atoms with Gasteiger partial charge in [-0.05, 0) is 37.5 Å². The van der Waals surface area contributed by atoms with Gasteiger partial charge in [0.1, 0.15) is 4.75 Å². The highest BCUT2D eigenvalue weighted by Crippen LogP contribution is 2.50. The fourth-order valence-electron chi connectivity index (χ4n) is 2.11. The third-order valence-corrected chi connectivity index (χ3v) is 4.70. The van der Waals surface area contributed by atoms with E-state index in [0.717, 1.165) is 5.56 Å². The number of hydrogen-bond donors (Lipinski definition) is 1. The Balaban J connectivity index is 2.15. The van der Waals surface area contributed by atoms with E-state index in [9.17, 15) is 8.42 Å². The molecule has 0 aromatic carbocycles. The number of hydrogen-bond acceptors (Lipinski definition) is 5. The van der Waals surface area contributed by atoms with E-state index < -0.39 is 15.5 Å². The number of aromatic nitrogens is 3. The van der Waals surface area contributed by atoms with Gasteiger partial charge < -0.3 is 0 Å². The second-order valence-corrected chi connectivity index (χ2v) is 6.14. The summed E-state index contributed by atoms with van der Waals surface area (Å²) in [7, 11) is -2.54. The standard InChI is InChI=1S/C13H13N3O2S/c1-9-7-15-12(16-8-9)10-3-2-6-14-11(10)13(4-5-13)19(17)18/h2-3,6-8,19H,4-5H2,1H3. The van der Waals surface area contributed by atoms with E-state index in [2.05, 4.69) is 15.0 Å². The molecule has 0 atom stereocenters. The van der Waals surface area contributed by atoms with E-state index in [1.54, 1.807) is 24.7 Å². The third-order valence-electron chi connectivity index (χ3n) is 3.34. The Morgan fingerprint density at radius 1 is 1.16 bits per heavy atom. The first kappa shape index (κ1) is 12.2. The van der Waals surface area contributed by atoms with E-state index in [0.29, 0.717) is 29.9 Å². The first-order valence-electron chi connectivity index (χ1n) is 6.02. The van der Waals surface area contributed by atoms with Crippen molar-refractivity contribution in [3.63, 3.8) is 0 Å². The van der Waals surface area contributed by atoms with Crippen molar-refractivity contribution in [2.75, 3.05) is 0 Å². The first-order chi connectivity index (χ1) is 9.13. The van der Waals surface area contributed by atoms with Crippen LogP contribution >= 0.6 is 0 Å². The smallest absolute Gasteiger partial charge is 0.161 e. The van der Waals surface area contributed by atoms with Crippen LogP contribution in [0.3, 0.4) is 0 Å². The molecule has 3 rings (SSSR count). The zero-order valence-electron chi connectivity index (χ0n) is 10.4. The zero-order valence-corrected chi connectivity index (χ0v) is 11.3. The molecule has 5 nitrogen and oxygen atoms in total. The third kappa shape index (κ3) is 2.02. The van der Waals surface area contributed by atoms with Gasteiger partial charge in [-0.15, -0.1) is 0 Å². The van der Waals surface area contributed by atoms with Crippen molar-refractivity contribution in [2.45, 2.75) is 24.5 Å². The lowest BCUT2D eigenvalue weighted by Gasteiger charge is -2.11. The van der Waals surface area contributed by atoms with Gasteiger partial charge in [-0.2, -0.15) is 0 Å². The summed E-state index contributed by atoms with van der Waals surface area (Å²) in [6, 6.07) is 3.60. The molecule has 0 saturated heterocycles. The lowest BCUT2D eigenvalue weighted by molar-refractivity contribution is 0.598. The molecule has 2 aromatic rings. The summed E-state index contributed by atoms with van der Waals surface area (Å²) in [6.07, 6.45) is 6.31. The van der Waals surface area contributed by atoms with Gasteiger partial charge in [0, 0.05) is 24.2 Å². The minimum atomic E-state index is -2.54. The molecular formula is C13H13N3O2S. The van der Waals surface area contributed by atoms with E-state index in [4.69, 9.17) is 0 Å². The molecule has 0 amide bonds. The van der Waals surface area contributed by atoms with Crippen LogP contribution in [0.15, 0.2) is 30.7 Å². The minimum absolute atomic E-state index is 0.525. The summed E-state index contributed by atoms with van der Waals surface area (Å²) in [5, 5.41) is 0. The molecule has 19 heavy (non-hydrogen) atoms. The van der Waals surface area contributed by atoms with Gasteiger partial charge in [0.05, 0.1) is 5.69 Å². The van der Waals surface area contributed by atoms with Crippen LogP contribution in [0.25, 0.3) is 11.4 Å². The molecule has 1 aliphatic carbocycles. The minimum Gasteiger partial charge on any atom is -0.259 e. The van der Waals surface area contributed by atoms with Crippen LogP contribution in [0.2, 0.25) is 0 Å². The number of rotatable bonds is 3. The maximum Gasteiger partial charge on any atom is 0.161 e. The molecule has 2 aromatic heterocycles. The maximum absolute atomic E-state index is 11.5. The second-order valence-electron chi connectivity index (χ2n) is 4.77. The molecule has 2 heterocycles. The Kier molecular flexibility index (Phi) is 2.82. The van der Waals surface area contributed by atoms with E-state index >= 15 is 0 Å². The molecule has 1 aliphatic rings. The van der Waals surface area contributed by atoms with Crippen molar-refractivity contribution in [1.29, 1.82) is 0 Å². The highest BCUT2D eigenvalue weighted by molar-refractivity contribution is 7.74. The number of aryl methyl sites for hydroxylation is 1. The summed E-state index contributed by atoms with van der Waals surface area (Å²) in [5.41, 5.74) is 2.25. The number of thiol groups is 1. The largest absolute Gasteiger partial charge is 0.259 e. The van der Waals surface area contributed by atoms with Gasteiger partial charge in [-0.1, -0.05) is 0 Å². The Hall–Kier alpha value is -1.82. The molecule has 1 fully saturated rings. The van der Waals surface area contributed by atoms with Gasteiger partial charge in [0.15, 0.2) is 16.5 Å². The predicted octanol–water partition coefficient (Wildman–Crippen LogP) is 1.45. The molecule has 98 valence electrons. The average Bonchev–Trinajstić information content (AvgIpc) is 3.21. The number of pyridine rings is 1. The van der Waals surface area contributed by atoms with Crippen LogP contribution in [0, 0.1) is 6.92 Å². The highest BCUT2D eigenvalue weighted by Gasteiger charge is 2.51. The molecule has 0 radical (unpaired) electrons. The summed E-state index contributed by atoms with van der Waals surface area (Å²) in [5.74, 6) is 0.525. The lowest BCUT2D eigenvalue weighted by atomic mass is 10.1. The average molecular weight is 275 g/mol. The van der Waals surface area contributed by atoms with Crippen molar-refractivity contribution in [1.82, 2.24) is 15.0 Å².